The minimum absolute atomic E-state index is 0.115. The summed E-state index contributed by atoms with van der Waals surface area (Å²) in [7, 11) is 0. The topological polar surface area (TPSA) is 13.1 Å². The largest absolute Gasteiger partial charge is 0.456 e. The highest BCUT2D eigenvalue weighted by atomic mass is 16.3. The first-order valence-electron chi connectivity index (χ1n) is 8.47. The minimum atomic E-state index is 0.115. The summed E-state index contributed by atoms with van der Waals surface area (Å²) >= 11 is 0. The second kappa shape index (κ2) is 5.24. The van der Waals surface area contributed by atoms with E-state index in [0.29, 0.717) is 0 Å². The molecule has 0 spiro atoms. The van der Waals surface area contributed by atoms with E-state index in [4.69, 9.17) is 4.42 Å². The molecule has 0 fully saturated rings. The minimum Gasteiger partial charge on any atom is -0.456 e. The van der Waals surface area contributed by atoms with Crippen LogP contribution in [0, 0.1) is 6.92 Å². The number of hydrogen-bond donors (Lipinski definition) is 0. The second-order valence-corrected chi connectivity index (χ2v) is 7.51. The Kier molecular flexibility index (Phi) is 3.28. The molecule has 1 heterocycles. The molecule has 0 saturated heterocycles. The Hall–Kier alpha value is -2.54. The molecular formula is C23H22O. The van der Waals surface area contributed by atoms with Gasteiger partial charge in [0.2, 0.25) is 0 Å². The maximum Gasteiger partial charge on any atom is 0.136 e. The molecule has 0 aliphatic carbocycles. The summed E-state index contributed by atoms with van der Waals surface area (Å²) < 4.78 is 6.16. The van der Waals surface area contributed by atoms with Crippen LogP contribution in [0.1, 0.15) is 31.9 Å². The van der Waals surface area contributed by atoms with Gasteiger partial charge in [0.15, 0.2) is 0 Å². The van der Waals surface area contributed by atoms with Gasteiger partial charge >= 0.3 is 0 Å². The lowest BCUT2D eigenvalue weighted by Gasteiger charge is -2.22. The zero-order valence-electron chi connectivity index (χ0n) is 14.7. The highest BCUT2D eigenvalue weighted by Crippen LogP contribution is 2.40. The molecule has 0 atom stereocenters. The fourth-order valence-electron chi connectivity index (χ4n) is 3.75. The van der Waals surface area contributed by atoms with Crippen LogP contribution in [0.25, 0.3) is 33.1 Å². The van der Waals surface area contributed by atoms with E-state index in [2.05, 4.69) is 88.4 Å². The van der Waals surface area contributed by atoms with E-state index in [1.807, 2.05) is 0 Å². The molecule has 120 valence electrons. The Bertz CT molecular complexity index is 1030. The molecule has 1 nitrogen and oxygen atoms in total. The molecule has 4 aromatic rings. The van der Waals surface area contributed by atoms with Gasteiger partial charge in [0.1, 0.15) is 11.2 Å². The predicted molar refractivity (Wildman–Crippen MR) is 103 cm³/mol. The normalized spacial score (nSPS) is 12.2. The van der Waals surface area contributed by atoms with E-state index >= 15 is 0 Å². The van der Waals surface area contributed by atoms with Gasteiger partial charge in [0.25, 0.3) is 0 Å². The van der Waals surface area contributed by atoms with Crippen molar-refractivity contribution in [1.29, 1.82) is 0 Å². The van der Waals surface area contributed by atoms with Crippen LogP contribution in [0.4, 0.5) is 0 Å². The molecule has 0 aliphatic rings. The van der Waals surface area contributed by atoms with Crippen LogP contribution in [-0.2, 0) is 5.41 Å². The maximum atomic E-state index is 6.16. The summed E-state index contributed by atoms with van der Waals surface area (Å²) in [6.45, 7) is 9.02. The van der Waals surface area contributed by atoms with Gasteiger partial charge in [-0.25, -0.2) is 0 Å². The molecule has 0 unspecified atom stereocenters. The van der Waals surface area contributed by atoms with E-state index < -0.39 is 0 Å². The Balaban J connectivity index is 2.15. The molecule has 0 saturated carbocycles. The standard InChI is InChI=1S/C23H22O/c1-15-18(23(2,3)4)13-14-20-21(15)22-17(11-8-12-19(22)24-20)16-9-6-5-7-10-16/h5-14H,1-4H3. The van der Waals surface area contributed by atoms with Crippen molar-refractivity contribution in [2.75, 3.05) is 0 Å². The third kappa shape index (κ3) is 2.24. The van der Waals surface area contributed by atoms with Crippen LogP contribution >= 0.6 is 0 Å². The molecular weight excluding hydrogens is 292 g/mol. The van der Waals surface area contributed by atoms with Crippen molar-refractivity contribution in [3.8, 4) is 11.1 Å². The maximum absolute atomic E-state index is 6.16. The van der Waals surface area contributed by atoms with Crippen molar-refractivity contribution in [2.45, 2.75) is 33.1 Å². The van der Waals surface area contributed by atoms with E-state index in [1.54, 1.807) is 0 Å². The Labute approximate surface area is 142 Å². The number of aryl methyl sites for hydroxylation is 1. The van der Waals surface area contributed by atoms with Gasteiger partial charge in [-0.2, -0.15) is 0 Å². The summed E-state index contributed by atoms with van der Waals surface area (Å²) in [5, 5.41) is 2.47. The Morgan fingerprint density at radius 1 is 0.708 bits per heavy atom. The van der Waals surface area contributed by atoms with Crippen molar-refractivity contribution in [2.24, 2.45) is 0 Å². The third-order valence-electron chi connectivity index (χ3n) is 4.82. The van der Waals surface area contributed by atoms with Gasteiger partial charge in [-0.3, -0.25) is 0 Å². The molecule has 1 aromatic heterocycles. The van der Waals surface area contributed by atoms with Gasteiger partial charge in [-0.05, 0) is 46.7 Å². The fraction of sp³-hybridized carbons (Fsp3) is 0.217. The first-order valence-corrected chi connectivity index (χ1v) is 8.47. The number of furan rings is 1. The average molecular weight is 314 g/mol. The molecule has 0 aliphatic heterocycles. The number of hydrogen-bond acceptors (Lipinski definition) is 1. The fourth-order valence-corrected chi connectivity index (χ4v) is 3.75. The first-order chi connectivity index (χ1) is 11.5. The predicted octanol–water partition coefficient (Wildman–Crippen LogP) is 6.86. The lowest BCUT2D eigenvalue weighted by atomic mass is 9.82. The highest BCUT2D eigenvalue weighted by Gasteiger charge is 2.21. The lowest BCUT2D eigenvalue weighted by molar-refractivity contribution is 0.586. The molecule has 0 N–H and O–H groups in total. The number of rotatable bonds is 1. The van der Waals surface area contributed by atoms with Gasteiger partial charge in [-0.15, -0.1) is 0 Å². The molecule has 1 heteroatoms. The van der Waals surface area contributed by atoms with Crippen molar-refractivity contribution in [1.82, 2.24) is 0 Å². The summed E-state index contributed by atoms with van der Waals surface area (Å²) in [5.74, 6) is 0. The molecule has 0 bridgehead atoms. The van der Waals surface area contributed by atoms with Crippen molar-refractivity contribution >= 4 is 21.9 Å². The van der Waals surface area contributed by atoms with Crippen molar-refractivity contribution in [3.63, 3.8) is 0 Å². The average Bonchev–Trinajstić information content (AvgIpc) is 2.94. The first kappa shape index (κ1) is 15.0. The van der Waals surface area contributed by atoms with Crippen LogP contribution in [0.3, 0.4) is 0 Å². The quantitative estimate of drug-likeness (QED) is 0.374. The van der Waals surface area contributed by atoms with Gasteiger partial charge in [0.05, 0.1) is 0 Å². The third-order valence-corrected chi connectivity index (χ3v) is 4.82. The van der Waals surface area contributed by atoms with Crippen molar-refractivity contribution in [3.05, 3.63) is 71.8 Å². The second-order valence-electron chi connectivity index (χ2n) is 7.51. The van der Waals surface area contributed by atoms with Gasteiger partial charge < -0.3 is 4.42 Å². The summed E-state index contributed by atoms with van der Waals surface area (Å²) in [4.78, 5) is 0. The van der Waals surface area contributed by atoms with E-state index in [-0.39, 0.29) is 5.41 Å². The SMILES string of the molecule is Cc1c(C(C)(C)C)ccc2oc3cccc(-c4ccccc4)c3c12. The van der Waals surface area contributed by atoms with Crippen LogP contribution < -0.4 is 0 Å². The van der Waals surface area contributed by atoms with E-state index in [0.717, 1.165) is 11.2 Å². The van der Waals surface area contributed by atoms with E-state index in [1.165, 1.54) is 33.0 Å². The number of fused-ring (bicyclic) bond motifs is 3. The van der Waals surface area contributed by atoms with Gasteiger partial charge in [0, 0.05) is 10.8 Å². The zero-order valence-corrected chi connectivity index (χ0v) is 14.7. The zero-order chi connectivity index (χ0) is 16.9. The Morgan fingerprint density at radius 3 is 2.12 bits per heavy atom. The smallest absolute Gasteiger partial charge is 0.136 e. The van der Waals surface area contributed by atoms with Crippen LogP contribution in [0.2, 0.25) is 0 Å². The highest BCUT2D eigenvalue weighted by molar-refractivity contribution is 6.14. The van der Waals surface area contributed by atoms with Crippen LogP contribution in [0.15, 0.2) is 65.1 Å². The number of benzene rings is 3. The van der Waals surface area contributed by atoms with E-state index in [9.17, 15) is 0 Å². The lowest BCUT2D eigenvalue weighted by Crippen LogP contribution is -2.12. The van der Waals surface area contributed by atoms with Crippen LogP contribution in [-0.4, -0.2) is 0 Å². The van der Waals surface area contributed by atoms with Gasteiger partial charge in [-0.1, -0.05) is 69.3 Å². The van der Waals surface area contributed by atoms with Crippen molar-refractivity contribution < 1.29 is 4.42 Å². The Morgan fingerprint density at radius 2 is 1.42 bits per heavy atom. The summed E-state index contributed by atoms with van der Waals surface area (Å²) in [6, 6.07) is 21.2. The molecule has 0 radical (unpaired) electrons. The van der Waals surface area contributed by atoms with Crippen LogP contribution in [0.5, 0.6) is 0 Å². The summed E-state index contributed by atoms with van der Waals surface area (Å²) in [6.07, 6.45) is 0. The molecule has 3 aromatic carbocycles. The molecule has 24 heavy (non-hydrogen) atoms. The molecule has 0 amide bonds. The monoisotopic (exact) mass is 314 g/mol. The summed E-state index contributed by atoms with van der Waals surface area (Å²) in [5.41, 5.74) is 7.21. The molecule has 4 rings (SSSR count).